The lowest BCUT2D eigenvalue weighted by molar-refractivity contribution is -0.134. The Morgan fingerprint density at radius 1 is 1.46 bits per heavy atom. The van der Waals surface area contributed by atoms with Gasteiger partial charge in [-0.25, -0.2) is 4.98 Å². The highest BCUT2D eigenvalue weighted by atomic mass is 35.5. The highest BCUT2D eigenvalue weighted by Gasteiger charge is 2.07. The van der Waals surface area contributed by atoms with E-state index in [0.717, 1.165) is 0 Å². The van der Waals surface area contributed by atoms with Crippen molar-refractivity contribution < 1.29 is 9.59 Å². The Labute approximate surface area is 78.9 Å². The summed E-state index contributed by atoms with van der Waals surface area (Å²) in [7, 11) is 0. The summed E-state index contributed by atoms with van der Waals surface area (Å²) >= 11 is 5.50. The first kappa shape index (κ1) is 9.47. The molecule has 1 aromatic heterocycles. The number of hydrogen-bond acceptors (Lipinski definition) is 3. The minimum Gasteiger partial charge on any atom is -0.361 e. The molecule has 0 atom stereocenters. The Morgan fingerprint density at radius 2 is 2.15 bits per heavy atom. The second-order valence-electron chi connectivity index (χ2n) is 2.19. The molecule has 68 valence electrons. The Hall–Kier alpha value is -1.62. The highest BCUT2D eigenvalue weighted by Crippen LogP contribution is 2.08. The molecule has 0 aliphatic carbocycles. The Kier molecular flexibility index (Phi) is 2.81. The van der Waals surface area contributed by atoms with Crippen molar-refractivity contribution in [2.45, 2.75) is 0 Å². The van der Waals surface area contributed by atoms with Gasteiger partial charge in [0.1, 0.15) is 5.15 Å². The zero-order chi connectivity index (χ0) is 9.84. The Balaban J connectivity index is 2.70. The smallest absolute Gasteiger partial charge is 0.313 e. The van der Waals surface area contributed by atoms with Gasteiger partial charge in [0.05, 0.1) is 11.9 Å². The van der Waals surface area contributed by atoms with Crippen LogP contribution in [0.25, 0.3) is 0 Å². The fourth-order valence-electron chi connectivity index (χ4n) is 0.642. The molecule has 1 rings (SSSR count). The van der Waals surface area contributed by atoms with Crippen molar-refractivity contribution in [3.63, 3.8) is 0 Å². The second-order valence-corrected chi connectivity index (χ2v) is 2.58. The number of halogens is 1. The topological polar surface area (TPSA) is 85.1 Å². The molecule has 0 unspecified atom stereocenters. The van der Waals surface area contributed by atoms with Crippen LogP contribution in [0.1, 0.15) is 0 Å². The number of aromatic nitrogens is 1. The van der Waals surface area contributed by atoms with E-state index in [2.05, 4.69) is 10.3 Å². The van der Waals surface area contributed by atoms with Gasteiger partial charge in [-0.15, -0.1) is 0 Å². The van der Waals surface area contributed by atoms with Gasteiger partial charge in [-0.2, -0.15) is 0 Å². The molecule has 6 heteroatoms. The van der Waals surface area contributed by atoms with Crippen LogP contribution in [0, 0.1) is 0 Å². The van der Waals surface area contributed by atoms with E-state index in [1.54, 1.807) is 0 Å². The molecule has 1 heterocycles. The second kappa shape index (κ2) is 3.86. The average Bonchev–Trinajstić information content (AvgIpc) is 2.08. The van der Waals surface area contributed by atoms with E-state index < -0.39 is 11.8 Å². The molecular formula is C7H6ClN3O2. The minimum atomic E-state index is -1.05. The van der Waals surface area contributed by atoms with E-state index in [0.29, 0.717) is 10.8 Å². The van der Waals surface area contributed by atoms with Gasteiger partial charge < -0.3 is 11.1 Å². The number of primary amides is 1. The van der Waals surface area contributed by atoms with Crippen LogP contribution in [0.4, 0.5) is 5.69 Å². The van der Waals surface area contributed by atoms with Crippen molar-refractivity contribution >= 4 is 29.1 Å². The van der Waals surface area contributed by atoms with Gasteiger partial charge in [-0.05, 0) is 12.1 Å². The lowest BCUT2D eigenvalue weighted by Gasteiger charge is -2.00. The van der Waals surface area contributed by atoms with Crippen molar-refractivity contribution in [2.24, 2.45) is 5.73 Å². The van der Waals surface area contributed by atoms with Gasteiger partial charge in [-0.3, -0.25) is 9.59 Å². The van der Waals surface area contributed by atoms with Crippen LogP contribution in [-0.2, 0) is 9.59 Å². The summed E-state index contributed by atoms with van der Waals surface area (Å²) in [5.41, 5.74) is 5.08. The summed E-state index contributed by atoms with van der Waals surface area (Å²) in [4.78, 5) is 24.8. The van der Waals surface area contributed by atoms with Crippen molar-refractivity contribution in [1.82, 2.24) is 4.98 Å². The monoisotopic (exact) mass is 199 g/mol. The SMILES string of the molecule is NC(=O)C(=O)Nc1ccc(Cl)nc1. The molecular weight excluding hydrogens is 194 g/mol. The van der Waals surface area contributed by atoms with Crippen LogP contribution in [0.2, 0.25) is 5.15 Å². The minimum absolute atomic E-state index is 0.303. The number of amides is 2. The molecule has 0 aliphatic heterocycles. The molecule has 1 aromatic rings. The Morgan fingerprint density at radius 3 is 2.62 bits per heavy atom. The van der Waals surface area contributed by atoms with Gasteiger partial charge in [0.25, 0.3) is 0 Å². The van der Waals surface area contributed by atoms with E-state index in [1.807, 2.05) is 0 Å². The first-order chi connectivity index (χ1) is 6.09. The van der Waals surface area contributed by atoms with Gasteiger partial charge in [0.2, 0.25) is 0 Å². The predicted octanol–water partition coefficient (Wildman–Crippen LogP) is 0.159. The number of nitrogens with zero attached hydrogens (tertiary/aromatic N) is 1. The van der Waals surface area contributed by atoms with E-state index in [-0.39, 0.29) is 0 Å². The maximum absolute atomic E-state index is 10.8. The maximum atomic E-state index is 10.8. The fraction of sp³-hybridized carbons (Fsp3) is 0. The van der Waals surface area contributed by atoms with E-state index in [1.165, 1.54) is 18.3 Å². The van der Waals surface area contributed by atoms with E-state index in [9.17, 15) is 9.59 Å². The molecule has 0 spiro atoms. The number of anilines is 1. The first-order valence-electron chi connectivity index (χ1n) is 3.32. The average molecular weight is 200 g/mol. The summed E-state index contributed by atoms with van der Waals surface area (Å²) in [5.74, 6) is -1.93. The molecule has 3 N–H and O–H groups in total. The fourth-order valence-corrected chi connectivity index (χ4v) is 0.754. The number of rotatable bonds is 1. The van der Waals surface area contributed by atoms with Crippen LogP contribution in [-0.4, -0.2) is 16.8 Å². The lowest BCUT2D eigenvalue weighted by Crippen LogP contribution is -2.29. The van der Waals surface area contributed by atoms with Crippen molar-refractivity contribution in [3.05, 3.63) is 23.5 Å². The third-order valence-corrected chi connectivity index (χ3v) is 1.43. The van der Waals surface area contributed by atoms with Crippen LogP contribution < -0.4 is 11.1 Å². The van der Waals surface area contributed by atoms with E-state index in [4.69, 9.17) is 17.3 Å². The zero-order valence-electron chi connectivity index (χ0n) is 6.45. The molecule has 0 fully saturated rings. The zero-order valence-corrected chi connectivity index (χ0v) is 7.21. The number of nitrogens with two attached hydrogens (primary N) is 1. The number of carbonyl (C=O) groups excluding carboxylic acids is 2. The standard InChI is InChI=1S/C7H6ClN3O2/c8-5-2-1-4(3-10-5)11-7(13)6(9)12/h1-3H,(H2,9,12)(H,11,13). The summed E-state index contributed by atoms with van der Waals surface area (Å²) in [5, 5.41) is 2.54. The normalized spacial score (nSPS) is 9.31. The largest absolute Gasteiger partial charge is 0.361 e. The van der Waals surface area contributed by atoms with Gasteiger partial charge in [0.15, 0.2) is 0 Å². The molecule has 0 aromatic carbocycles. The first-order valence-corrected chi connectivity index (χ1v) is 3.70. The number of nitrogens with one attached hydrogen (secondary N) is 1. The number of hydrogen-bond donors (Lipinski definition) is 2. The highest BCUT2D eigenvalue weighted by molar-refractivity contribution is 6.39. The number of carbonyl (C=O) groups is 2. The molecule has 0 bridgehead atoms. The molecule has 0 saturated carbocycles. The lowest BCUT2D eigenvalue weighted by atomic mass is 10.4. The predicted molar refractivity (Wildman–Crippen MR) is 47.1 cm³/mol. The molecule has 13 heavy (non-hydrogen) atoms. The van der Waals surface area contributed by atoms with Crippen LogP contribution >= 0.6 is 11.6 Å². The Bertz CT molecular complexity index is 336. The summed E-state index contributed by atoms with van der Waals surface area (Å²) in [6.07, 6.45) is 1.32. The van der Waals surface area contributed by atoms with E-state index >= 15 is 0 Å². The maximum Gasteiger partial charge on any atom is 0.313 e. The summed E-state index contributed by atoms with van der Waals surface area (Å²) < 4.78 is 0. The molecule has 2 amide bonds. The van der Waals surface area contributed by atoms with Gasteiger partial charge in [-0.1, -0.05) is 11.6 Å². The summed E-state index contributed by atoms with van der Waals surface area (Å²) in [6.45, 7) is 0. The molecule has 5 nitrogen and oxygen atoms in total. The quantitative estimate of drug-likeness (QED) is 0.499. The van der Waals surface area contributed by atoms with Crippen molar-refractivity contribution in [2.75, 3.05) is 5.32 Å². The van der Waals surface area contributed by atoms with Gasteiger partial charge in [0, 0.05) is 0 Å². The summed E-state index contributed by atoms with van der Waals surface area (Å²) in [6, 6.07) is 2.99. The molecule has 0 saturated heterocycles. The molecule has 0 aliphatic rings. The molecule has 0 radical (unpaired) electrons. The van der Waals surface area contributed by atoms with Gasteiger partial charge >= 0.3 is 11.8 Å². The van der Waals surface area contributed by atoms with Crippen LogP contribution in [0.3, 0.4) is 0 Å². The van der Waals surface area contributed by atoms with Crippen molar-refractivity contribution in [1.29, 1.82) is 0 Å². The van der Waals surface area contributed by atoms with Crippen LogP contribution in [0.5, 0.6) is 0 Å². The third-order valence-electron chi connectivity index (χ3n) is 1.21. The van der Waals surface area contributed by atoms with Crippen LogP contribution in [0.15, 0.2) is 18.3 Å². The number of pyridine rings is 1. The van der Waals surface area contributed by atoms with Crippen molar-refractivity contribution in [3.8, 4) is 0 Å². The third kappa shape index (κ3) is 2.72.